The summed E-state index contributed by atoms with van der Waals surface area (Å²) in [6.07, 6.45) is 2.11. The van der Waals surface area contributed by atoms with Crippen LogP contribution in [-0.4, -0.2) is 54.4 Å². The maximum atomic E-state index is 14.4. The van der Waals surface area contributed by atoms with E-state index in [4.69, 9.17) is 21.1 Å². The van der Waals surface area contributed by atoms with Crippen molar-refractivity contribution in [2.75, 3.05) is 26.8 Å². The molecule has 1 amide bonds. The summed E-state index contributed by atoms with van der Waals surface area (Å²) < 4.78 is 25.7. The summed E-state index contributed by atoms with van der Waals surface area (Å²) in [6.45, 7) is 2.67. The van der Waals surface area contributed by atoms with E-state index in [0.29, 0.717) is 46.9 Å². The summed E-state index contributed by atoms with van der Waals surface area (Å²) in [5, 5.41) is 6.59. The van der Waals surface area contributed by atoms with Gasteiger partial charge in [0.15, 0.2) is 5.82 Å². The minimum absolute atomic E-state index is 0.00944. The largest absolute Gasteiger partial charge is 0.494 e. The molecule has 0 radical (unpaired) electrons. The summed E-state index contributed by atoms with van der Waals surface area (Å²) in [6, 6.07) is 3.31. The van der Waals surface area contributed by atoms with Gasteiger partial charge in [-0.15, -0.1) is 0 Å². The van der Waals surface area contributed by atoms with E-state index in [1.54, 1.807) is 12.1 Å². The zero-order chi connectivity index (χ0) is 22.0. The fourth-order valence-corrected chi connectivity index (χ4v) is 4.08. The second kappa shape index (κ2) is 9.15. The lowest BCUT2D eigenvalue weighted by Crippen LogP contribution is -2.44. The van der Waals surface area contributed by atoms with E-state index in [1.165, 1.54) is 13.4 Å². The van der Waals surface area contributed by atoms with Gasteiger partial charge in [-0.05, 0) is 19.4 Å². The maximum absolute atomic E-state index is 14.4. The lowest BCUT2D eigenvalue weighted by atomic mass is 9.85. The second-order valence-electron chi connectivity index (χ2n) is 7.45. The molecule has 0 fully saturated rings. The van der Waals surface area contributed by atoms with Crippen LogP contribution in [0, 0.1) is 5.92 Å². The molecule has 1 aliphatic heterocycles. The van der Waals surface area contributed by atoms with E-state index in [-0.39, 0.29) is 42.5 Å². The van der Waals surface area contributed by atoms with Crippen molar-refractivity contribution in [1.82, 2.24) is 20.6 Å². The Balaban J connectivity index is 1.90. The molecular weight excluding hydrogens is 425 g/mol. The molecule has 0 spiro atoms. The van der Waals surface area contributed by atoms with Crippen molar-refractivity contribution in [2.24, 2.45) is 10.9 Å². The molecule has 2 N–H and O–H groups in total. The van der Waals surface area contributed by atoms with Gasteiger partial charge in [0, 0.05) is 24.4 Å². The molecule has 10 heteroatoms. The number of carbonyl (C=O) groups is 1. The fraction of sp³-hybridized carbons (Fsp3) is 0.429. The van der Waals surface area contributed by atoms with Crippen LogP contribution in [0.5, 0.6) is 11.5 Å². The summed E-state index contributed by atoms with van der Waals surface area (Å²) >= 11 is 6.36. The van der Waals surface area contributed by atoms with Crippen LogP contribution in [0.25, 0.3) is 10.9 Å². The van der Waals surface area contributed by atoms with E-state index in [9.17, 15) is 9.18 Å². The number of ether oxygens (including phenoxy) is 2. The van der Waals surface area contributed by atoms with Crippen LogP contribution in [0.3, 0.4) is 0 Å². The summed E-state index contributed by atoms with van der Waals surface area (Å²) in [5.74, 6) is 0.597. The number of nitrogens with one attached hydrogen (secondary N) is 2. The monoisotopic (exact) mass is 447 g/mol. The quantitative estimate of drug-likeness (QED) is 0.697. The minimum atomic E-state index is -0.403. The average molecular weight is 448 g/mol. The van der Waals surface area contributed by atoms with Crippen LogP contribution in [-0.2, 0) is 4.79 Å². The Kier molecular flexibility index (Phi) is 6.33. The lowest BCUT2D eigenvalue weighted by Gasteiger charge is -2.29. The van der Waals surface area contributed by atoms with Gasteiger partial charge in [-0.25, -0.2) is 19.4 Å². The first-order valence-corrected chi connectivity index (χ1v) is 10.4. The molecule has 164 valence electrons. The fourth-order valence-electron chi connectivity index (χ4n) is 3.81. The molecule has 0 saturated heterocycles. The van der Waals surface area contributed by atoms with Gasteiger partial charge in [0.2, 0.25) is 5.91 Å². The van der Waals surface area contributed by atoms with Crippen molar-refractivity contribution in [3.63, 3.8) is 0 Å². The third-order valence-corrected chi connectivity index (χ3v) is 5.87. The summed E-state index contributed by atoms with van der Waals surface area (Å²) in [5.41, 5.74) is 0.951. The molecule has 1 aromatic carbocycles. The van der Waals surface area contributed by atoms with Crippen molar-refractivity contribution < 1.29 is 18.7 Å². The number of aliphatic imine (C=N–C) groups is 1. The molecule has 1 aromatic heterocycles. The highest BCUT2D eigenvalue weighted by molar-refractivity contribution is 6.44. The number of aromatic nitrogens is 2. The molecule has 2 unspecified atom stereocenters. The number of nitrogens with zero attached hydrogens (tertiary/aromatic N) is 3. The number of benzene rings is 1. The lowest BCUT2D eigenvalue weighted by molar-refractivity contribution is -0.120. The third-order valence-electron chi connectivity index (χ3n) is 5.47. The molecule has 2 aliphatic rings. The summed E-state index contributed by atoms with van der Waals surface area (Å²) in [7, 11) is 1.54. The SMILES string of the molecule is COc1cc2cc3c(ncnc13)/N=C1/C(Cl)=C(F)CCC1C(C)NCC(=O)NCCO2. The number of halogens is 2. The number of rotatable bonds is 1. The minimum Gasteiger partial charge on any atom is -0.494 e. The number of allylic oxidation sites excluding steroid dienone is 2. The highest BCUT2D eigenvalue weighted by Crippen LogP contribution is 2.37. The highest BCUT2D eigenvalue weighted by Gasteiger charge is 2.32. The van der Waals surface area contributed by atoms with Crippen molar-refractivity contribution in [2.45, 2.75) is 25.8 Å². The van der Waals surface area contributed by atoms with Gasteiger partial charge < -0.3 is 20.1 Å². The predicted molar refractivity (Wildman–Crippen MR) is 116 cm³/mol. The van der Waals surface area contributed by atoms with Crippen LogP contribution in [0.2, 0.25) is 0 Å². The van der Waals surface area contributed by atoms with Crippen molar-refractivity contribution in [3.05, 3.63) is 29.3 Å². The number of fused-ring (bicyclic) bond motifs is 2. The van der Waals surface area contributed by atoms with Gasteiger partial charge in [-0.2, -0.15) is 0 Å². The first kappa shape index (κ1) is 21.5. The van der Waals surface area contributed by atoms with Crippen LogP contribution in [0.15, 0.2) is 34.3 Å². The molecule has 2 heterocycles. The Morgan fingerprint density at radius 3 is 2.97 bits per heavy atom. The maximum Gasteiger partial charge on any atom is 0.234 e. The second-order valence-corrected chi connectivity index (χ2v) is 7.83. The smallest absolute Gasteiger partial charge is 0.234 e. The number of methoxy groups -OCH3 is 1. The van der Waals surface area contributed by atoms with E-state index in [1.807, 2.05) is 6.92 Å². The molecule has 31 heavy (non-hydrogen) atoms. The van der Waals surface area contributed by atoms with Crippen LogP contribution in [0.1, 0.15) is 19.8 Å². The highest BCUT2D eigenvalue weighted by atomic mass is 35.5. The van der Waals surface area contributed by atoms with Gasteiger partial charge in [0.05, 0.1) is 36.3 Å². The molecule has 0 saturated carbocycles. The molecule has 4 rings (SSSR count). The molecule has 2 aromatic rings. The van der Waals surface area contributed by atoms with Crippen molar-refractivity contribution in [1.29, 1.82) is 0 Å². The predicted octanol–water partition coefficient (Wildman–Crippen LogP) is 3.03. The topological polar surface area (TPSA) is 97.7 Å². The van der Waals surface area contributed by atoms with Gasteiger partial charge >= 0.3 is 0 Å². The van der Waals surface area contributed by atoms with Crippen LogP contribution >= 0.6 is 11.6 Å². The zero-order valence-corrected chi connectivity index (χ0v) is 18.0. The molecular formula is C21H23ClFN5O3. The van der Waals surface area contributed by atoms with E-state index >= 15 is 0 Å². The Morgan fingerprint density at radius 1 is 1.32 bits per heavy atom. The van der Waals surface area contributed by atoms with Crippen molar-refractivity contribution >= 4 is 39.9 Å². The Morgan fingerprint density at radius 2 is 2.16 bits per heavy atom. The van der Waals surface area contributed by atoms with E-state index < -0.39 is 5.83 Å². The normalized spacial score (nSPS) is 24.4. The number of amides is 1. The van der Waals surface area contributed by atoms with Gasteiger partial charge in [0.1, 0.15) is 35.8 Å². The number of carbonyl (C=O) groups excluding carboxylic acids is 1. The van der Waals surface area contributed by atoms with Gasteiger partial charge in [-0.1, -0.05) is 11.6 Å². The molecule has 8 nitrogen and oxygen atoms in total. The zero-order valence-electron chi connectivity index (χ0n) is 17.2. The molecule has 1 aliphatic carbocycles. The van der Waals surface area contributed by atoms with Gasteiger partial charge in [0.25, 0.3) is 0 Å². The van der Waals surface area contributed by atoms with Crippen LogP contribution in [0.4, 0.5) is 10.2 Å². The summed E-state index contributed by atoms with van der Waals surface area (Å²) in [4.78, 5) is 25.5. The third kappa shape index (κ3) is 4.47. The first-order valence-electron chi connectivity index (χ1n) is 10.1. The van der Waals surface area contributed by atoms with Crippen LogP contribution < -0.4 is 20.1 Å². The molecule has 2 atom stereocenters. The standard InChI is InChI=1S/C21H23ClFN5O3/c1-11-13-3-4-15(23)18(22)20(13)28-21-14-7-12(31-6-5-24-17(29)9-25-11)8-16(30-2)19(14)26-10-27-21/h7-8,10-11,13,25H,3-6,9H2,1-2H3,(H,24,29)/b28-20+. The number of hydrogen-bond donors (Lipinski definition) is 2. The molecule has 2 bridgehead atoms. The van der Waals surface area contributed by atoms with E-state index in [2.05, 4.69) is 25.6 Å². The first-order chi connectivity index (χ1) is 15.0. The Hall–Kier alpha value is -2.78. The van der Waals surface area contributed by atoms with E-state index in [0.717, 1.165) is 0 Å². The Labute approximate surface area is 183 Å². The van der Waals surface area contributed by atoms with Gasteiger partial charge in [-0.3, -0.25) is 4.79 Å². The number of hydrogen-bond acceptors (Lipinski definition) is 7. The Bertz CT molecular complexity index is 1070. The van der Waals surface area contributed by atoms with Crippen molar-refractivity contribution in [3.8, 4) is 11.5 Å². The average Bonchev–Trinajstić information content (AvgIpc) is 2.77.